The van der Waals surface area contributed by atoms with Crippen molar-refractivity contribution in [2.24, 2.45) is 7.05 Å². The summed E-state index contributed by atoms with van der Waals surface area (Å²) in [7, 11) is 1.59. The fraction of sp³-hybridized carbons (Fsp3) is 0.125. The Kier molecular flexibility index (Phi) is 1.65. The minimum absolute atomic E-state index is 0.300. The van der Waals surface area contributed by atoms with Crippen molar-refractivity contribution in [3.05, 3.63) is 28.6 Å². The highest BCUT2D eigenvalue weighted by Crippen LogP contribution is 2.23. The quantitative estimate of drug-likeness (QED) is 0.678. The van der Waals surface area contributed by atoms with Gasteiger partial charge in [0.25, 0.3) is 0 Å². The normalized spacial score (nSPS) is 10.9. The van der Waals surface area contributed by atoms with E-state index in [-0.39, 0.29) is 5.95 Å². The molecule has 1 aromatic heterocycles. The first kappa shape index (κ1) is 7.73. The molecule has 62 valence electrons. The van der Waals surface area contributed by atoms with E-state index >= 15 is 0 Å². The summed E-state index contributed by atoms with van der Waals surface area (Å²) in [6.45, 7) is 0. The third kappa shape index (κ3) is 0.948. The molecule has 0 atom stereocenters. The van der Waals surface area contributed by atoms with Crippen LogP contribution in [0.5, 0.6) is 0 Å². The van der Waals surface area contributed by atoms with Crippen LogP contribution in [0.3, 0.4) is 0 Å². The number of rotatable bonds is 0. The van der Waals surface area contributed by atoms with Gasteiger partial charge in [-0.3, -0.25) is 0 Å². The van der Waals surface area contributed by atoms with E-state index in [4.69, 9.17) is 0 Å². The van der Waals surface area contributed by atoms with Gasteiger partial charge in [0.05, 0.1) is 5.39 Å². The summed E-state index contributed by atoms with van der Waals surface area (Å²) < 4.78 is 15.3. The van der Waals surface area contributed by atoms with Gasteiger partial charge in [-0.2, -0.15) is 9.49 Å². The Balaban J connectivity index is 2.95. The van der Waals surface area contributed by atoms with Crippen LogP contribution in [-0.4, -0.2) is 9.78 Å². The van der Waals surface area contributed by atoms with Gasteiger partial charge in [-0.25, -0.2) is 4.68 Å². The molecule has 0 saturated carbocycles. The molecule has 0 aliphatic rings. The zero-order chi connectivity index (χ0) is 8.72. The Hall–Kier alpha value is -0.900. The van der Waals surface area contributed by atoms with Crippen LogP contribution in [-0.2, 0) is 7.05 Å². The molecule has 0 fully saturated rings. The summed E-state index contributed by atoms with van der Waals surface area (Å²) in [6, 6.07) is 5.34. The van der Waals surface area contributed by atoms with Crippen molar-refractivity contribution in [3.63, 3.8) is 0 Å². The van der Waals surface area contributed by atoms with E-state index in [0.29, 0.717) is 10.9 Å². The lowest BCUT2D eigenvalue weighted by Gasteiger charge is -1.88. The van der Waals surface area contributed by atoms with Gasteiger partial charge in [-0.15, -0.1) is 0 Å². The van der Waals surface area contributed by atoms with Crippen LogP contribution in [0.2, 0.25) is 0 Å². The van der Waals surface area contributed by atoms with E-state index in [1.165, 1.54) is 4.68 Å². The molecule has 0 saturated heterocycles. The number of hydrogen-bond acceptors (Lipinski definition) is 1. The van der Waals surface area contributed by atoms with E-state index in [9.17, 15) is 4.39 Å². The predicted octanol–water partition coefficient (Wildman–Crippen LogP) is 2.47. The Labute approximate surface area is 77.1 Å². The number of fused-ring (bicyclic) bond motifs is 1. The molecule has 2 nitrogen and oxygen atoms in total. The van der Waals surface area contributed by atoms with Crippen molar-refractivity contribution < 1.29 is 4.39 Å². The third-order valence-corrected chi connectivity index (χ3v) is 2.38. The molecule has 0 bridgehead atoms. The molecule has 12 heavy (non-hydrogen) atoms. The van der Waals surface area contributed by atoms with E-state index < -0.39 is 0 Å². The predicted molar refractivity (Wildman–Crippen MR) is 48.4 cm³/mol. The average Bonchev–Trinajstić information content (AvgIpc) is 2.32. The molecular weight excluding hydrogens is 223 g/mol. The van der Waals surface area contributed by atoms with Crippen molar-refractivity contribution in [3.8, 4) is 0 Å². The topological polar surface area (TPSA) is 17.8 Å². The number of hydrogen-bond donors (Lipinski definition) is 0. The summed E-state index contributed by atoms with van der Waals surface area (Å²) in [5.41, 5.74) is 0.664. The number of nitrogens with zero attached hydrogens (tertiary/aromatic N) is 2. The number of benzene rings is 1. The molecule has 0 amide bonds. The molecule has 0 aliphatic carbocycles. The first-order valence-corrected chi connectivity index (χ1v) is 4.26. The molecule has 2 rings (SSSR count). The minimum Gasteiger partial charge on any atom is -0.242 e. The monoisotopic (exact) mass is 228 g/mol. The van der Waals surface area contributed by atoms with Gasteiger partial charge < -0.3 is 0 Å². The molecule has 1 heterocycles. The zero-order valence-electron chi connectivity index (χ0n) is 6.38. The van der Waals surface area contributed by atoms with Crippen molar-refractivity contribution in [2.75, 3.05) is 0 Å². The van der Waals surface area contributed by atoms with Crippen molar-refractivity contribution in [2.45, 2.75) is 0 Å². The van der Waals surface area contributed by atoms with Gasteiger partial charge in [0.15, 0.2) is 0 Å². The molecule has 0 aliphatic heterocycles. The first-order chi connectivity index (χ1) is 5.70. The van der Waals surface area contributed by atoms with E-state index in [0.717, 1.165) is 4.47 Å². The van der Waals surface area contributed by atoms with Crippen LogP contribution in [0.1, 0.15) is 0 Å². The summed E-state index contributed by atoms with van der Waals surface area (Å²) in [6.07, 6.45) is 0. The van der Waals surface area contributed by atoms with Gasteiger partial charge in [0, 0.05) is 11.5 Å². The maximum atomic E-state index is 13.2. The van der Waals surface area contributed by atoms with Gasteiger partial charge >= 0.3 is 0 Å². The lowest BCUT2D eigenvalue weighted by atomic mass is 10.2. The first-order valence-electron chi connectivity index (χ1n) is 3.47. The van der Waals surface area contributed by atoms with E-state index in [1.54, 1.807) is 19.2 Å². The smallest absolute Gasteiger partial charge is 0.219 e. The highest BCUT2D eigenvalue weighted by Gasteiger charge is 2.09. The Morgan fingerprint density at radius 1 is 1.50 bits per heavy atom. The van der Waals surface area contributed by atoms with Crippen molar-refractivity contribution >= 4 is 26.8 Å². The second-order valence-corrected chi connectivity index (χ2v) is 3.40. The second-order valence-electron chi connectivity index (χ2n) is 2.55. The summed E-state index contributed by atoms with van der Waals surface area (Å²) in [5, 5.41) is 4.56. The molecule has 0 unspecified atom stereocenters. The fourth-order valence-electron chi connectivity index (χ4n) is 1.15. The SMILES string of the molecule is Cn1nc2c(Br)cccc2c1F. The molecule has 2 aromatic rings. The van der Waals surface area contributed by atoms with Crippen LogP contribution in [0, 0.1) is 5.95 Å². The van der Waals surface area contributed by atoms with Crippen LogP contribution in [0.4, 0.5) is 4.39 Å². The lowest BCUT2D eigenvalue weighted by Crippen LogP contribution is -1.92. The standard InChI is InChI=1S/C8H6BrFN2/c1-12-8(10)5-3-2-4-6(9)7(5)11-12/h2-4H,1H3. The van der Waals surface area contributed by atoms with Crippen molar-refractivity contribution in [1.29, 1.82) is 0 Å². The minimum atomic E-state index is -0.300. The van der Waals surface area contributed by atoms with Gasteiger partial charge in [-0.05, 0) is 28.1 Å². The number of halogens is 2. The van der Waals surface area contributed by atoms with Crippen LogP contribution < -0.4 is 0 Å². The molecule has 1 aromatic carbocycles. The number of aromatic nitrogens is 2. The largest absolute Gasteiger partial charge is 0.242 e. The molecule has 0 N–H and O–H groups in total. The summed E-state index contributed by atoms with van der Waals surface area (Å²) in [5.74, 6) is -0.300. The van der Waals surface area contributed by atoms with E-state index in [2.05, 4.69) is 21.0 Å². The van der Waals surface area contributed by atoms with Crippen LogP contribution in [0.25, 0.3) is 10.9 Å². The van der Waals surface area contributed by atoms with Crippen LogP contribution in [0.15, 0.2) is 22.7 Å². The average molecular weight is 229 g/mol. The zero-order valence-corrected chi connectivity index (χ0v) is 7.97. The Morgan fingerprint density at radius 2 is 2.25 bits per heavy atom. The maximum Gasteiger partial charge on any atom is 0.219 e. The lowest BCUT2D eigenvalue weighted by molar-refractivity contribution is 0.512. The van der Waals surface area contributed by atoms with Crippen LogP contribution >= 0.6 is 15.9 Å². The second kappa shape index (κ2) is 2.55. The summed E-state index contributed by atoms with van der Waals surface area (Å²) in [4.78, 5) is 0. The molecule has 0 spiro atoms. The maximum absolute atomic E-state index is 13.2. The summed E-state index contributed by atoms with van der Waals surface area (Å²) >= 11 is 3.30. The van der Waals surface area contributed by atoms with E-state index in [1.807, 2.05) is 6.07 Å². The molecule has 4 heteroatoms. The Morgan fingerprint density at radius 3 is 2.92 bits per heavy atom. The van der Waals surface area contributed by atoms with Gasteiger partial charge in [-0.1, -0.05) is 6.07 Å². The van der Waals surface area contributed by atoms with Gasteiger partial charge in [0.2, 0.25) is 5.95 Å². The third-order valence-electron chi connectivity index (χ3n) is 1.74. The van der Waals surface area contributed by atoms with Gasteiger partial charge in [0.1, 0.15) is 5.52 Å². The highest BCUT2D eigenvalue weighted by atomic mass is 79.9. The molecular formula is C8H6BrFN2. The number of aryl methyl sites for hydroxylation is 1. The van der Waals surface area contributed by atoms with Crippen molar-refractivity contribution in [1.82, 2.24) is 9.78 Å². The molecule has 0 radical (unpaired) electrons. The highest BCUT2D eigenvalue weighted by molar-refractivity contribution is 9.10. The fourth-order valence-corrected chi connectivity index (χ4v) is 1.60. The Bertz CT molecular complexity index is 436.